The summed E-state index contributed by atoms with van der Waals surface area (Å²) in [5.74, 6) is 0.524. The van der Waals surface area contributed by atoms with E-state index in [1.165, 1.54) is 0 Å². The van der Waals surface area contributed by atoms with Gasteiger partial charge in [-0.2, -0.15) is 8.42 Å². The lowest BCUT2D eigenvalue weighted by atomic mass is 9.55. The largest absolute Gasteiger partial charge is 0.308 e. The molecule has 0 spiro atoms. The molecule has 0 aliphatic heterocycles. The van der Waals surface area contributed by atoms with Crippen LogP contribution in [0.1, 0.15) is 19.3 Å². The van der Waals surface area contributed by atoms with Gasteiger partial charge in [-0.1, -0.05) is 0 Å². The van der Waals surface area contributed by atoms with Gasteiger partial charge in [0.05, 0.1) is 0 Å². The Labute approximate surface area is 53.3 Å². The topological polar surface area (TPSA) is 34.1 Å². The molecule has 0 radical (unpaired) electrons. The average Bonchev–Trinajstić information content (AvgIpc) is 1.08. The van der Waals surface area contributed by atoms with Gasteiger partial charge in [0.15, 0.2) is 0 Å². The van der Waals surface area contributed by atoms with Crippen LogP contribution in [0.3, 0.4) is 0 Å². The average molecular weight is 150 g/mol. The van der Waals surface area contributed by atoms with Crippen LogP contribution in [0.2, 0.25) is 0 Å². The van der Waals surface area contributed by atoms with Crippen LogP contribution in [0.25, 0.3) is 0 Å². The summed E-state index contributed by atoms with van der Waals surface area (Å²) in [6, 6.07) is 0. The zero-order chi connectivity index (χ0) is 6.70. The van der Waals surface area contributed by atoms with Gasteiger partial charge in [0.25, 0.3) is 0 Å². The molecule has 0 saturated heterocycles. The molecule has 3 aliphatic carbocycles. The fourth-order valence-electron chi connectivity index (χ4n) is 1.70. The van der Waals surface area contributed by atoms with Gasteiger partial charge < -0.3 is 0 Å². The van der Waals surface area contributed by atoms with E-state index in [2.05, 4.69) is 0 Å². The molecule has 0 aromatic heterocycles. The molecule has 0 heterocycles. The quantitative estimate of drug-likeness (QED) is 0.519. The summed E-state index contributed by atoms with van der Waals surface area (Å²) >= 11 is 0. The van der Waals surface area contributed by atoms with E-state index in [1.807, 2.05) is 0 Å². The van der Waals surface area contributed by atoms with Crippen molar-refractivity contribution in [2.75, 3.05) is 0 Å². The Morgan fingerprint density at radius 3 is 1.78 bits per heavy atom. The van der Waals surface area contributed by atoms with Gasteiger partial charge in [0, 0.05) is 0 Å². The zero-order valence-corrected chi connectivity index (χ0v) is 5.62. The van der Waals surface area contributed by atoms with Crippen molar-refractivity contribution in [2.45, 2.75) is 24.0 Å². The smallest absolute Gasteiger partial charge is 0.194 e. The monoisotopic (exact) mass is 150 g/mol. The molecule has 3 rings (SSSR count). The van der Waals surface area contributed by atoms with Crippen molar-refractivity contribution in [3.05, 3.63) is 0 Å². The van der Waals surface area contributed by atoms with Crippen molar-refractivity contribution in [2.24, 2.45) is 5.92 Å². The van der Waals surface area contributed by atoms with Crippen LogP contribution >= 0.6 is 0 Å². The van der Waals surface area contributed by atoms with Crippen molar-refractivity contribution in [1.29, 1.82) is 0 Å². The molecule has 2 bridgehead atoms. The van der Waals surface area contributed by atoms with E-state index in [1.54, 1.807) is 0 Å². The van der Waals surface area contributed by atoms with E-state index < -0.39 is 15.0 Å². The van der Waals surface area contributed by atoms with Crippen molar-refractivity contribution in [3.8, 4) is 0 Å². The van der Waals surface area contributed by atoms with E-state index in [4.69, 9.17) is 0 Å². The van der Waals surface area contributed by atoms with Crippen LogP contribution < -0.4 is 0 Å². The highest BCUT2D eigenvalue weighted by Crippen LogP contribution is 2.62. The summed E-state index contributed by atoms with van der Waals surface area (Å²) < 4.78 is 32.0. The lowest BCUT2D eigenvalue weighted by molar-refractivity contribution is 0.0442. The van der Waals surface area contributed by atoms with E-state index >= 15 is 0 Å². The molecule has 2 nitrogen and oxygen atoms in total. The molecular weight excluding hydrogens is 143 g/mol. The van der Waals surface area contributed by atoms with Gasteiger partial charge in [0.1, 0.15) is 4.75 Å². The first-order valence-electron chi connectivity index (χ1n) is 2.98. The number of hydrogen-bond donors (Lipinski definition) is 0. The van der Waals surface area contributed by atoms with Crippen molar-refractivity contribution < 1.29 is 12.3 Å². The number of halogens is 1. The molecule has 9 heavy (non-hydrogen) atoms. The number of hydrogen-bond acceptors (Lipinski definition) is 2. The van der Waals surface area contributed by atoms with E-state index in [-0.39, 0.29) is 0 Å². The molecular formula is C5H7FO2S. The first-order chi connectivity index (χ1) is 4.04. The molecule has 3 saturated carbocycles. The van der Waals surface area contributed by atoms with Crippen LogP contribution in [-0.4, -0.2) is 13.2 Å². The summed E-state index contributed by atoms with van der Waals surface area (Å²) in [6.07, 6.45) is 1.73. The lowest BCUT2D eigenvalue weighted by Gasteiger charge is -2.57. The van der Waals surface area contributed by atoms with E-state index in [9.17, 15) is 12.3 Å². The summed E-state index contributed by atoms with van der Waals surface area (Å²) in [7, 11) is -4.20. The zero-order valence-electron chi connectivity index (χ0n) is 4.80. The standard InChI is InChI=1S/C5H7FO2S/c6-9(7,8)5-1-4(2-5)3-5/h4H,1-3H2. The summed E-state index contributed by atoms with van der Waals surface area (Å²) in [5.41, 5.74) is 0. The third-order valence-corrected chi connectivity index (χ3v) is 4.03. The Bertz CT molecular complexity index is 227. The maximum absolute atomic E-state index is 12.2. The van der Waals surface area contributed by atoms with Gasteiger partial charge in [-0.25, -0.2) is 0 Å². The minimum atomic E-state index is -4.20. The normalized spacial score (nSPS) is 47.4. The van der Waals surface area contributed by atoms with E-state index in [0.29, 0.717) is 25.2 Å². The minimum Gasteiger partial charge on any atom is -0.194 e. The second kappa shape index (κ2) is 1.17. The molecule has 0 amide bonds. The van der Waals surface area contributed by atoms with Gasteiger partial charge in [0.2, 0.25) is 0 Å². The molecule has 0 N–H and O–H groups in total. The molecule has 4 heteroatoms. The van der Waals surface area contributed by atoms with Crippen LogP contribution in [0, 0.1) is 5.92 Å². The molecule has 3 fully saturated rings. The Morgan fingerprint density at radius 1 is 1.33 bits per heavy atom. The SMILES string of the molecule is O=S(=O)(F)C12CC(C1)C2. The van der Waals surface area contributed by atoms with Gasteiger partial charge in [-0.3, -0.25) is 0 Å². The predicted octanol–water partition coefficient (Wildman–Crippen LogP) is 0.838. The Morgan fingerprint density at radius 2 is 1.78 bits per heavy atom. The maximum atomic E-state index is 12.2. The van der Waals surface area contributed by atoms with Crippen molar-refractivity contribution in [3.63, 3.8) is 0 Å². The second-order valence-electron chi connectivity index (χ2n) is 3.10. The van der Waals surface area contributed by atoms with Crippen LogP contribution in [-0.2, 0) is 10.2 Å². The predicted molar refractivity (Wildman–Crippen MR) is 30.1 cm³/mol. The molecule has 0 aromatic carbocycles. The molecule has 52 valence electrons. The molecule has 0 aromatic rings. The summed E-state index contributed by atoms with van der Waals surface area (Å²) in [6.45, 7) is 0. The third-order valence-electron chi connectivity index (χ3n) is 2.50. The van der Waals surface area contributed by atoms with Gasteiger partial charge >= 0.3 is 10.2 Å². The van der Waals surface area contributed by atoms with Gasteiger partial charge in [-0.05, 0) is 25.2 Å². The summed E-state index contributed by atoms with van der Waals surface area (Å²) in [4.78, 5) is 0. The second-order valence-corrected chi connectivity index (χ2v) is 4.84. The highest BCUT2D eigenvalue weighted by atomic mass is 32.3. The fraction of sp³-hybridized carbons (Fsp3) is 1.00. The Balaban J connectivity index is 2.33. The van der Waals surface area contributed by atoms with Crippen molar-refractivity contribution >= 4 is 10.2 Å². The van der Waals surface area contributed by atoms with E-state index in [0.717, 1.165) is 0 Å². The van der Waals surface area contributed by atoms with Crippen LogP contribution in [0.4, 0.5) is 3.89 Å². The highest BCUT2D eigenvalue weighted by Gasteiger charge is 2.65. The van der Waals surface area contributed by atoms with Gasteiger partial charge in [-0.15, -0.1) is 3.89 Å². The molecule has 3 aliphatic rings. The van der Waals surface area contributed by atoms with Crippen LogP contribution in [0.5, 0.6) is 0 Å². The van der Waals surface area contributed by atoms with Crippen LogP contribution in [0.15, 0.2) is 0 Å². The first-order valence-corrected chi connectivity index (χ1v) is 4.36. The Kier molecular flexibility index (Phi) is 0.732. The third kappa shape index (κ3) is 0.478. The lowest BCUT2D eigenvalue weighted by Crippen LogP contribution is -2.61. The summed E-state index contributed by atoms with van der Waals surface area (Å²) in [5, 5.41) is 0. The molecule has 0 atom stereocenters. The van der Waals surface area contributed by atoms with Crippen molar-refractivity contribution in [1.82, 2.24) is 0 Å². The molecule has 0 unspecified atom stereocenters. The minimum absolute atomic E-state index is 0.524. The highest BCUT2D eigenvalue weighted by molar-refractivity contribution is 7.88. The first kappa shape index (κ1) is 5.65. The fourth-order valence-corrected chi connectivity index (χ4v) is 3.00. The Hall–Kier alpha value is -0.120. The number of rotatable bonds is 1. The maximum Gasteiger partial charge on any atom is 0.308 e.